The van der Waals surface area contributed by atoms with E-state index in [0.29, 0.717) is 13.1 Å². The largest absolute Gasteiger partial charge is 0.423 e. The molecule has 1 aliphatic rings. The van der Waals surface area contributed by atoms with E-state index in [0.717, 1.165) is 37.5 Å². The molecule has 0 radical (unpaired) electrons. The molecule has 1 heterocycles. The van der Waals surface area contributed by atoms with Gasteiger partial charge in [0, 0.05) is 19.2 Å². The summed E-state index contributed by atoms with van der Waals surface area (Å²) in [6, 6.07) is 8.09. The number of carbonyl (C=O) groups is 1. The highest BCUT2D eigenvalue weighted by Gasteiger charge is 2.26. The van der Waals surface area contributed by atoms with Crippen LogP contribution in [0.3, 0.4) is 0 Å². The molecule has 0 aromatic heterocycles. The number of piperidine rings is 1. The van der Waals surface area contributed by atoms with Crippen molar-refractivity contribution in [1.82, 2.24) is 4.31 Å². The second-order valence-electron chi connectivity index (χ2n) is 5.95. The van der Waals surface area contributed by atoms with E-state index in [2.05, 4.69) is 0 Å². The number of nitrogens with zero attached hydrogens (tertiary/aromatic N) is 1. The lowest BCUT2D eigenvalue weighted by atomic mass is 10.2. The molecule has 0 saturated carbocycles. The zero-order valence-corrected chi connectivity index (χ0v) is 14.6. The number of benzene rings is 2. The number of ether oxygens (including phenoxy) is 1. The van der Waals surface area contributed by atoms with Crippen molar-refractivity contribution in [2.45, 2.75) is 24.2 Å². The molecule has 8 heteroatoms. The number of hydrogen-bond donors (Lipinski definition) is 0. The molecule has 1 saturated heterocycles. The van der Waals surface area contributed by atoms with Gasteiger partial charge in [0.15, 0.2) is 11.6 Å². The van der Waals surface area contributed by atoms with Crippen LogP contribution in [0.15, 0.2) is 47.4 Å². The fourth-order valence-electron chi connectivity index (χ4n) is 2.72. The van der Waals surface area contributed by atoms with Gasteiger partial charge in [0.2, 0.25) is 10.0 Å². The van der Waals surface area contributed by atoms with Gasteiger partial charge in [0.1, 0.15) is 5.75 Å². The first-order valence-electron chi connectivity index (χ1n) is 8.15. The summed E-state index contributed by atoms with van der Waals surface area (Å²) in [6.07, 6.45) is 2.68. The number of hydrogen-bond acceptors (Lipinski definition) is 4. The zero-order chi connectivity index (χ0) is 18.7. The molecule has 0 unspecified atom stereocenters. The molecule has 0 amide bonds. The van der Waals surface area contributed by atoms with E-state index in [9.17, 15) is 22.0 Å². The monoisotopic (exact) mass is 381 g/mol. The lowest BCUT2D eigenvalue weighted by molar-refractivity contribution is 0.0734. The Balaban J connectivity index is 1.74. The first-order valence-corrected chi connectivity index (χ1v) is 9.59. The molecule has 138 valence electrons. The molecule has 0 aliphatic carbocycles. The van der Waals surface area contributed by atoms with Crippen LogP contribution >= 0.6 is 0 Å². The maximum Gasteiger partial charge on any atom is 0.343 e. The van der Waals surface area contributed by atoms with Crippen LogP contribution in [0.1, 0.15) is 29.6 Å². The van der Waals surface area contributed by atoms with Crippen LogP contribution in [0.2, 0.25) is 0 Å². The lowest BCUT2D eigenvalue weighted by Crippen LogP contribution is -2.35. The standard InChI is InChI=1S/C18H17F2NO4S/c19-16-9-6-14(12-17(16)20)25-18(22)13-4-7-15(8-5-13)26(23,24)21-10-2-1-3-11-21/h4-9,12H,1-3,10-11H2. The van der Waals surface area contributed by atoms with E-state index in [-0.39, 0.29) is 16.2 Å². The van der Waals surface area contributed by atoms with E-state index in [1.165, 1.54) is 28.6 Å². The van der Waals surface area contributed by atoms with Gasteiger partial charge in [0.25, 0.3) is 0 Å². The highest BCUT2D eigenvalue weighted by molar-refractivity contribution is 7.89. The van der Waals surface area contributed by atoms with Crippen molar-refractivity contribution in [1.29, 1.82) is 0 Å². The number of halogens is 2. The maximum atomic E-state index is 13.2. The fraction of sp³-hybridized carbons (Fsp3) is 0.278. The summed E-state index contributed by atoms with van der Waals surface area (Å²) < 4.78 is 57.6. The second-order valence-corrected chi connectivity index (χ2v) is 7.89. The minimum absolute atomic E-state index is 0.101. The number of esters is 1. The maximum absolute atomic E-state index is 13.2. The molecule has 0 bridgehead atoms. The highest BCUT2D eigenvalue weighted by atomic mass is 32.2. The van der Waals surface area contributed by atoms with Gasteiger partial charge >= 0.3 is 5.97 Å². The summed E-state index contributed by atoms with van der Waals surface area (Å²) in [5.74, 6) is -3.10. The molecular formula is C18H17F2NO4S. The molecule has 2 aromatic carbocycles. The van der Waals surface area contributed by atoms with Crippen molar-refractivity contribution in [2.24, 2.45) is 0 Å². The summed E-state index contributed by atoms with van der Waals surface area (Å²) >= 11 is 0. The van der Waals surface area contributed by atoms with Gasteiger partial charge in [-0.3, -0.25) is 0 Å². The topological polar surface area (TPSA) is 63.7 Å². The zero-order valence-electron chi connectivity index (χ0n) is 13.8. The highest BCUT2D eigenvalue weighted by Crippen LogP contribution is 2.22. The van der Waals surface area contributed by atoms with Crippen molar-refractivity contribution >= 4 is 16.0 Å². The Morgan fingerprint density at radius 3 is 2.19 bits per heavy atom. The van der Waals surface area contributed by atoms with Crippen LogP contribution in [0.5, 0.6) is 5.75 Å². The third-order valence-corrected chi connectivity index (χ3v) is 6.06. The predicted molar refractivity (Wildman–Crippen MR) is 90.4 cm³/mol. The minimum atomic E-state index is -3.58. The Kier molecular flexibility index (Phi) is 5.33. The Labute approximate surface area is 150 Å². The van der Waals surface area contributed by atoms with Crippen LogP contribution in [-0.2, 0) is 10.0 Å². The average molecular weight is 381 g/mol. The van der Waals surface area contributed by atoms with Crippen LogP contribution in [-0.4, -0.2) is 31.8 Å². The average Bonchev–Trinajstić information content (AvgIpc) is 2.65. The molecular weight excluding hydrogens is 364 g/mol. The third kappa shape index (κ3) is 3.91. The van der Waals surface area contributed by atoms with Gasteiger partial charge < -0.3 is 4.74 Å². The Bertz CT molecular complexity index is 907. The first kappa shape index (κ1) is 18.5. The minimum Gasteiger partial charge on any atom is -0.423 e. The van der Waals surface area contributed by atoms with Crippen molar-refractivity contribution in [2.75, 3.05) is 13.1 Å². The molecule has 3 rings (SSSR count). The van der Waals surface area contributed by atoms with Crippen molar-refractivity contribution in [3.63, 3.8) is 0 Å². The van der Waals surface area contributed by atoms with Gasteiger partial charge in [-0.15, -0.1) is 0 Å². The number of carbonyl (C=O) groups excluding carboxylic acids is 1. The fourth-order valence-corrected chi connectivity index (χ4v) is 4.24. The van der Waals surface area contributed by atoms with Gasteiger partial charge in [0.05, 0.1) is 10.5 Å². The Morgan fingerprint density at radius 1 is 0.923 bits per heavy atom. The van der Waals surface area contributed by atoms with E-state index in [4.69, 9.17) is 4.74 Å². The van der Waals surface area contributed by atoms with Gasteiger partial charge in [-0.05, 0) is 49.2 Å². The van der Waals surface area contributed by atoms with Crippen LogP contribution < -0.4 is 4.74 Å². The quantitative estimate of drug-likeness (QED) is 0.602. The molecule has 26 heavy (non-hydrogen) atoms. The number of sulfonamides is 1. The van der Waals surface area contributed by atoms with Crippen LogP contribution in [0.4, 0.5) is 8.78 Å². The van der Waals surface area contributed by atoms with Crippen LogP contribution in [0.25, 0.3) is 0 Å². The van der Waals surface area contributed by atoms with Gasteiger partial charge in [-0.2, -0.15) is 4.31 Å². The Hall–Kier alpha value is -2.32. The lowest BCUT2D eigenvalue weighted by Gasteiger charge is -2.25. The first-order chi connectivity index (χ1) is 12.4. The van der Waals surface area contributed by atoms with E-state index < -0.39 is 27.6 Å². The number of rotatable bonds is 4. The van der Waals surface area contributed by atoms with Gasteiger partial charge in [-0.25, -0.2) is 22.0 Å². The van der Waals surface area contributed by atoms with E-state index in [1.54, 1.807) is 0 Å². The summed E-state index contributed by atoms with van der Waals surface area (Å²) in [4.78, 5) is 12.2. The summed E-state index contributed by atoms with van der Waals surface area (Å²) in [5.41, 5.74) is 0.104. The molecule has 0 atom stereocenters. The SMILES string of the molecule is O=C(Oc1ccc(F)c(F)c1)c1ccc(S(=O)(=O)N2CCCCC2)cc1. The van der Waals surface area contributed by atoms with Gasteiger partial charge in [-0.1, -0.05) is 6.42 Å². The normalized spacial score (nSPS) is 15.6. The van der Waals surface area contributed by atoms with Crippen molar-refractivity contribution < 1.29 is 26.7 Å². The second kappa shape index (κ2) is 7.51. The predicted octanol–water partition coefficient (Wildman–Crippen LogP) is 3.36. The smallest absolute Gasteiger partial charge is 0.343 e. The van der Waals surface area contributed by atoms with E-state index >= 15 is 0 Å². The molecule has 2 aromatic rings. The van der Waals surface area contributed by atoms with Crippen molar-refractivity contribution in [3.8, 4) is 5.75 Å². The van der Waals surface area contributed by atoms with E-state index in [1.807, 2.05) is 0 Å². The molecule has 0 spiro atoms. The van der Waals surface area contributed by atoms with Crippen LogP contribution in [0, 0.1) is 11.6 Å². The molecule has 1 aliphatic heterocycles. The third-order valence-electron chi connectivity index (χ3n) is 4.14. The summed E-state index contributed by atoms with van der Waals surface area (Å²) in [6.45, 7) is 0.977. The summed E-state index contributed by atoms with van der Waals surface area (Å²) in [7, 11) is -3.58. The molecule has 5 nitrogen and oxygen atoms in total. The Morgan fingerprint density at radius 2 is 1.58 bits per heavy atom. The summed E-state index contributed by atoms with van der Waals surface area (Å²) in [5, 5.41) is 0. The van der Waals surface area contributed by atoms with Crippen molar-refractivity contribution in [3.05, 3.63) is 59.7 Å². The molecule has 0 N–H and O–H groups in total. The molecule has 1 fully saturated rings.